The molecule has 19 heavy (non-hydrogen) atoms. The summed E-state index contributed by atoms with van der Waals surface area (Å²) < 4.78 is 29.1. The maximum absolute atomic E-state index is 12.3. The van der Waals surface area contributed by atoms with E-state index in [9.17, 15) is 8.42 Å². The summed E-state index contributed by atoms with van der Waals surface area (Å²) in [4.78, 5) is 10.2. The maximum atomic E-state index is 12.3. The Labute approximate surface area is 112 Å². The lowest BCUT2D eigenvalue weighted by molar-refractivity contribution is 0.123. The molecule has 2 fully saturated rings. The van der Waals surface area contributed by atoms with E-state index < -0.39 is 14.6 Å². The summed E-state index contributed by atoms with van der Waals surface area (Å²) in [5.41, 5.74) is 0. The van der Waals surface area contributed by atoms with E-state index in [4.69, 9.17) is 4.74 Å². The Morgan fingerprint density at radius 1 is 1.42 bits per heavy atom. The second kappa shape index (κ2) is 4.42. The first-order chi connectivity index (χ1) is 9.09. The fraction of sp³-hybridized carbons (Fsp3) is 0.667. The second-order valence-electron chi connectivity index (χ2n) is 5.23. The molecule has 0 radical (unpaired) electrons. The summed E-state index contributed by atoms with van der Waals surface area (Å²) in [7, 11) is -1.42. The van der Waals surface area contributed by atoms with Crippen molar-refractivity contribution in [2.45, 2.75) is 11.2 Å². The molecule has 3 rings (SSSR count). The van der Waals surface area contributed by atoms with Crippen LogP contribution < -0.4 is 4.90 Å². The molecule has 6 nitrogen and oxygen atoms in total. The lowest BCUT2D eigenvalue weighted by Gasteiger charge is -2.49. The van der Waals surface area contributed by atoms with E-state index in [1.807, 2.05) is 4.90 Å². The Morgan fingerprint density at radius 3 is 2.74 bits per heavy atom. The monoisotopic (exact) mass is 283 g/mol. The van der Waals surface area contributed by atoms with Gasteiger partial charge in [-0.25, -0.2) is 18.4 Å². The number of ether oxygens (including phenoxy) is 1. The van der Waals surface area contributed by atoms with Crippen LogP contribution in [0.5, 0.6) is 0 Å². The molecule has 0 bridgehead atoms. The number of hydrogen-bond acceptors (Lipinski definition) is 6. The molecule has 2 aliphatic heterocycles. The molecule has 0 aromatic carbocycles. The zero-order chi connectivity index (χ0) is 13.5. The van der Waals surface area contributed by atoms with E-state index in [1.54, 1.807) is 25.6 Å². The quantitative estimate of drug-likeness (QED) is 0.784. The zero-order valence-corrected chi connectivity index (χ0v) is 11.6. The third-order valence-corrected chi connectivity index (χ3v) is 6.82. The van der Waals surface area contributed by atoms with E-state index >= 15 is 0 Å². The van der Waals surface area contributed by atoms with E-state index in [2.05, 4.69) is 9.97 Å². The van der Waals surface area contributed by atoms with Crippen molar-refractivity contribution >= 4 is 15.8 Å². The normalized spacial score (nSPS) is 27.4. The predicted molar refractivity (Wildman–Crippen MR) is 70.7 cm³/mol. The number of methoxy groups -OCH3 is 1. The van der Waals surface area contributed by atoms with Gasteiger partial charge in [0.25, 0.3) is 0 Å². The van der Waals surface area contributed by atoms with Crippen molar-refractivity contribution in [2.75, 3.05) is 37.5 Å². The Hall–Kier alpha value is -1.21. The minimum absolute atomic E-state index is 0.0856. The lowest BCUT2D eigenvalue weighted by atomic mass is 9.84. The standard InChI is InChI=1S/C12H17N3O3S/c1-18-7-10-3-6-19(16,17)12(10)8-15(9-12)11-13-4-2-5-14-11/h2,4-5,10H,3,6-9H2,1H3. The van der Waals surface area contributed by atoms with Gasteiger partial charge in [-0.2, -0.15) is 0 Å². The van der Waals surface area contributed by atoms with Crippen LogP contribution in [-0.4, -0.2) is 55.7 Å². The van der Waals surface area contributed by atoms with Crippen LogP contribution in [-0.2, 0) is 14.6 Å². The van der Waals surface area contributed by atoms with Crippen LogP contribution in [0.25, 0.3) is 0 Å². The van der Waals surface area contributed by atoms with Crippen molar-refractivity contribution in [3.63, 3.8) is 0 Å². The molecular formula is C12H17N3O3S. The van der Waals surface area contributed by atoms with Crippen molar-refractivity contribution in [1.82, 2.24) is 9.97 Å². The van der Waals surface area contributed by atoms with Gasteiger partial charge in [0.05, 0.1) is 12.4 Å². The van der Waals surface area contributed by atoms with Gasteiger partial charge in [-0.3, -0.25) is 0 Å². The number of nitrogens with zero attached hydrogens (tertiary/aromatic N) is 3. The van der Waals surface area contributed by atoms with E-state index in [0.29, 0.717) is 32.1 Å². The first-order valence-electron chi connectivity index (χ1n) is 6.32. The highest BCUT2D eigenvalue weighted by molar-refractivity contribution is 7.93. The summed E-state index contributed by atoms with van der Waals surface area (Å²) in [6, 6.07) is 1.75. The molecule has 7 heteroatoms. The van der Waals surface area contributed by atoms with Gasteiger partial charge in [0.2, 0.25) is 5.95 Å². The Morgan fingerprint density at radius 2 is 2.11 bits per heavy atom. The largest absolute Gasteiger partial charge is 0.384 e. The second-order valence-corrected chi connectivity index (χ2v) is 7.68. The summed E-state index contributed by atoms with van der Waals surface area (Å²) >= 11 is 0. The van der Waals surface area contributed by atoms with Gasteiger partial charge in [-0.15, -0.1) is 0 Å². The average Bonchev–Trinajstić information content (AvgIpc) is 2.61. The Balaban J connectivity index is 1.82. The van der Waals surface area contributed by atoms with Gasteiger partial charge < -0.3 is 9.64 Å². The van der Waals surface area contributed by atoms with Crippen LogP contribution >= 0.6 is 0 Å². The molecule has 1 aromatic rings. The van der Waals surface area contributed by atoms with Crippen molar-refractivity contribution in [2.24, 2.45) is 5.92 Å². The van der Waals surface area contributed by atoms with Crippen LogP contribution in [0.1, 0.15) is 6.42 Å². The first-order valence-corrected chi connectivity index (χ1v) is 7.97. The highest BCUT2D eigenvalue weighted by Gasteiger charge is 2.61. The molecule has 104 valence electrons. The van der Waals surface area contributed by atoms with Crippen molar-refractivity contribution in [3.05, 3.63) is 18.5 Å². The van der Waals surface area contributed by atoms with Gasteiger partial charge in [0, 0.05) is 38.5 Å². The van der Waals surface area contributed by atoms with Gasteiger partial charge in [-0.1, -0.05) is 0 Å². The molecule has 0 saturated carbocycles. The average molecular weight is 283 g/mol. The fourth-order valence-electron chi connectivity index (χ4n) is 3.10. The molecule has 1 spiro atoms. The lowest BCUT2D eigenvalue weighted by Crippen LogP contribution is -2.68. The summed E-state index contributed by atoms with van der Waals surface area (Å²) in [6.45, 7) is 1.46. The van der Waals surface area contributed by atoms with E-state index in [1.165, 1.54) is 0 Å². The van der Waals surface area contributed by atoms with Gasteiger partial charge in [0.1, 0.15) is 4.75 Å². The highest BCUT2D eigenvalue weighted by atomic mass is 32.2. The fourth-order valence-corrected chi connectivity index (χ4v) is 5.50. The van der Waals surface area contributed by atoms with E-state index in [0.717, 1.165) is 0 Å². The number of anilines is 1. The van der Waals surface area contributed by atoms with Crippen LogP contribution in [0.2, 0.25) is 0 Å². The summed E-state index contributed by atoms with van der Waals surface area (Å²) in [5, 5.41) is 0. The smallest absolute Gasteiger partial charge is 0.225 e. The minimum Gasteiger partial charge on any atom is -0.384 e. The molecule has 2 saturated heterocycles. The van der Waals surface area contributed by atoms with Crippen LogP contribution in [0, 0.1) is 5.92 Å². The number of sulfone groups is 1. The van der Waals surface area contributed by atoms with Crippen LogP contribution in [0.15, 0.2) is 18.5 Å². The van der Waals surface area contributed by atoms with Crippen LogP contribution in [0.3, 0.4) is 0 Å². The third-order valence-electron chi connectivity index (χ3n) is 4.22. The SMILES string of the molecule is COCC1CCS(=O)(=O)C12CN(c1ncccn1)C2. The Kier molecular flexibility index (Phi) is 2.98. The van der Waals surface area contributed by atoms with Crippen molar-refractivity contribution in [3.8, 4) is 0 Å². The van der Waals surface area contributed by atoms with Crippen molar-refractivity contribution in [1.29, 1.82) is 0 Å². The van der Waals surface area contributed by atoms with Crippen molar-refractivity contribution < 1.29 is 13.2 Å². The van der Waals surface area contributed by atoms with E-state index in [-0.39, 0.29) is 11.7 Å². The molecular weight excluding hydrogens is 266 g/mol. The number of aromatic nitrogens is 2. The summed E-state index contributed by atoms with van der Waals surface area (Å²) in [5.74, 6) is 0.957. The topological polar surface area (TPSA) is 72.4 Å². The molecule has 1 aromatic heterocycles. The number of hydrogen-bond donors (Lipinski definition) is 0. The molecule has 3 heterocycles. The minimum atomic E-state index is -3.04. The molecule has 2 aliphatic rings. The molecule has 0 aliphatic carbocycles. The van der Waals surface area contributed by atoms with Gasteiger partial charge in [0.15, 0.2) is 9.84 Å². The predicted octanol–water partition coefficient (Wildman–Crippen LogP) is 0.116. The summed E-state index contributed by atoms with van der Waals surface area (Å²) in [6.07, 6.45) is 4.03. The van der Waals surface area contributed by atoms with Crippen LogP contribution in [0.4, 0.5) is 5.95 Å². The zero-order valence-electron chi connectivity index (χ0n) is 10.8. The first kappa shape index (κ1) is 12.8. The molecule has 0 amide bonds. The molecule has 1 unspecified atom stereocenters. The third kappa shape index (κ3) is 1.83. The number of rotatable bonds is 3. The maximum Gasteiger partial charge on any atom is 0.225 e. The van der Waals surface area contributed by atoms with Gasteiger partial charge >= 0.3 is 0 Å². The molecule has 1 atom stereocenters. The van der Waals surface area contributed by atoms with Gasteiger partial charge in [-0.05, 0) is 12.5 Å². The molecule has 0 N–H and O–H groups in total. The highest BCUT2D eigenvalue weighted by Crippen LogP contribution is 2.45. The Bertz CT molecular complexity index is 555.